The van der Waals surface area contributed by atoms with Crippen LogP contribution in [0.25, 0.3) is 22.2 Å². The summed E-state index contributed by atoms with van der Waals surface area (Å²) in [4.78, 5) is 7.36. The summed E-state index contributed by atoms with van der Waals surface area (Å²) in [6.45, 7) is 11.9. The Bertz CT molecular complexity index is 1170. The highest BCUT2D eigenvalue weighted by molar-refractivity contribution is 5.89. The van der Waals surface area contributed by atoms with Gasteiger partial charge in [0.1, 0.15) is 18.1 Å². The van der Waals surface area contributed by atoms with E-state index in [1.54, 1.807) is 7.11 Å². The Morgan fingerprint density at radius 3 is 2.24 bits per heavy atom. The lowest BCUT2D eigenvalue weighted by atomic mass is 10.0. The average molecular weight is 457 g/mol. The lowest BCUT2D eigenvalue weighted by Crippen LogP contribution is -2.22. The molecule has 0 bridgehead atoms. The fourth-order valence-corrected chi connectivity index (χ4v) is 3.84. The molecule has 0 radical (unpaired) electrons. The minimum absolute atomic E-state index is 0.499. The van der Waals surface area contributed by atoms with Crippen LogP contribution >= 0.6 is 0 Å². The Kier molecular flexibility index (Phi) is 9.48. The highest BCUT2D eigenvalue weighted by Gasteiger charge is 2.12. The van der Waals surface area contributed by atoms with Gasteiger partial charge in [-0.05, 0) is 48.5 Å². The van der Waals surface area contributed by atoms with Crippen molar-refractivity contribution in [1.82, 2.24) is 9.88 Å². The molecule has 4 nitrogen and oxygen atoms in total. The van der Waals surface area contributed by atoms with E-state index in [1.165, 1.54) is 5.56 Å². The van der Waals surface area contributed by atoms with Crippen molar-refractivity contribution in [1.29, 1.82) is 0 Å². The Balaban J connectivity index is 0.00000158. The zero-order valence-electron chi connectivity index (χ0n) is 21.0. The summed E-state index contributed by atoms with van der Waals surface area (Å²) in [6.07, 6.45) is 0. The quantitative estimate of drug-likeness (QED) is 0.264. The first-order valence-electron chi connectivity index (χ1n) is 12.2. The molecule has 0 unspecified atom stereocenters. The maximum Gasteiger partial charge on any atom is 0.131 e. The molecule has 0 spiro atoms. The number of nitrogens with zero attached hydrogens (tertiary/aromatic N) is 2. The number of aromatic nitrogens is 1. The van der Waals surface area contributed by atoms with Crippen LogP contribution in [-0.2, 0) is 13.2 Å². The molecule has 0 fully saturated rings. The van der Waals surface area contributed by atoms with Gasteiger partial charge in [-0.3, -0.25) is 4.90 Å². The second kappa shape index (κ2) is 12.8. The fourth-order valence-electron chi connectivity index (χ4n) is 3.84. The molecule has 0 atom stereocenters. The van der Waals surface area contributed by atoms with Crippen molar-refractivity contribution in [3.05, 3.63) is 90.0 Å². The molecule has 4 aromatic rings. The summed E-state index contributed by atoms with van der Waals surface area (Å²) in [6, 6.07) is 26.8. The first kappa shape index (κ1) is 25.3. The van der Waals surface area contributed by atoms with Gasteiger partial charge in [-0.1, -0.05) is 76.2 Å². The second-order valence-corrected chi connectivity index (χ2v) is 7.82. The van der Waals surface area contributed by atoms with Crippen molar-refractivity contribution in [2.75, 3.05) is 20.2 Å². The minimum atomic E-state index is 0.499. The smallest absolute Gasteiger partial charge is 0.131 e. The third kappa shape index (κ3) is 6.36. The van der Waals surface area contributed by atoms with Gasteiger partial charge in [0.05, 0.1) is 18.3 Å². The molecular formula is C30H36N2O2. The van der Waals surface area contributed by atoms with E-state index in [9.17, 15) is 0 Å². The van der Waals surface area contributed by atoms with Gasteiger partial charge >= 0.3 is 0 Å². The summed E-state index contributed by atoms with van der Waals surface area (Å²) >= 11 is 0. The van der Waals surface area contributed by atoms with Crippen molar-refractivity contribution in [2.24, 2.45) is 0 Å². The number of rotatable bonds is 9. The van der Waals surface area contributed by atoms with E-state index in [4.69, 9.17) is 14.5 Å². The van der Waals surface area contributed by atoms with E-state index in [1.807, 2.05) is 56.3 Å². The van der Waals surface area contributed by atoms with Gasteiger partial charge in [-0.2, -0.15) is 0 Å². The Morgan fingerprint density at radius 2 is 1.53 bits per heavy atom. The molecule has 1 aromatic heterocycles. The van der Waals surface area contributed by atoms with E-state index in [0.717, 1.165) is 58.9 Å². The van der Waals surface area contributed by atoms with Crippen molar-refractivity contribution in [2.45, 2.75) is 40.8 Å². The normalized spacial score (nSPS) is 10.6. The molecule has 178 valence electrons. The number of methoxy groups -OCH3 is 1. The predicted molar refractivity (Wildman–Crippen MR) is 142 cm³/mol. The van der Waals surface area contributed by atoms with E-state index < -0.39 is 0 Å². The van der Waals surface area contributed by atoms with Crippen molar-refractivity contribution >= 4 is 10.9 Å². The third-order valence-corrected chi connectivity index (χ3v) is 5.74. The Morgan fingerprint density at radius 1 is 0.794 bits per heavy atom. The Hall–Kier alpha value is -3.37. The van der Waals surface area contributed by atoms with E-state index >= 15 is 0 Å². The van der Waals surface area contributed by atoms with Crippen LogP contribution in [0.15, 0.2) is 78.9 Å². The molecule has 4 rings (SSSR count). The van der Waals surface area contributed by atoms with E-state index in [2.05, 4.69) is 55.1 Å². The number of pyridine rings is 1. The first-order chi connectivity index (χ1) is 16.7. The minimum Gasteiger partial charge on any atom is -0.497 e. The topological polar surface area (TPSA) is 34.6 Å². The fraction of sp³-hybridized carbons (Fsp3) is 0.300. The standard InChI is InChI=1S/C28H30N2O2.C2H6/c1-4-30(5-2)19-22-12-9-13-23(16-22)27-18-28(32-20-21-10-7-6-8-11-21)25-17-24(31-3)14-15-26(25)29-27;1-2/h6-18H,4-5,19-20H2,1-3H3;1-2H3. The highest BCUT2D eigenvalue weighted by Crippen LogP contribution is 2.33. The first-order valence-corrected chi connectivity index (χ1v) is 12.2. The molecule has 0 aliphatic heterocycles. The number of fused-ring (bicyclic) bond motifs is 1. The highest BCUT2D eigenvalue weighted by atomic mass is 16.5. The number of hydrogen-bond donors (Lipinski definition) is 0. The van der Waals surface area contributed by atoms with E-state index in [0.29, 0.717) is 6.61 Å². The molecule has 0 saturated heterocycles. The SMILES string of the molecule is CC.CCN(CC)Cc1cccc(-c2cc(OCc3ccccc3)c3cc(OC)ccc3n2)c1. The van der Waals surface area contributed by atoms with Crippen molar-refractivity contribution in [3.63, 3.8) is 0 Å². The zero-order valence-corrected chi connectivity index (χ0v) is 21.0. The molecule has 3 aromatic carbocycles. The summed E-state index contributed by atoms with van der Waals surface area (Å²) in [7, 11) is 1.68. The van der Waals surface area contributed by atoms with Crippen LogP contribution in [0.5, 0.6) is 11.5 Å². The summed E-state index contributed by atoms with van der Waals surface area (Å²) < 4.78 is 11.7. The molecule has 0 amide bonds. The van der Waals surface area contributed by atoms with E-state index in [-0.39, 0.29) is 0 Å². The maximum absolute atomic E-state index is 6.29. The van der Waals surface area contributed by atoms with Crippen LogP contribution < -0.4 is 9.47 Å². The third-order valence-electron chi connectivity index (χ3n) is 5.74. The molecule has 0 aliphatic carbocycles. The Labute approximate surface area is 204 Å². The molecule has 0 N–H and O–H groups in total. The number of benzene rings is 3. The second-order valence-electron chi connectivity index (χ2n) is 7.82. The van der Waals surface area contributed by atoms with Crippen molar-refractivity contribution < 1.29 is 9.47 Å². The van der Waals surface area contributed by atoms with Crippen molar-refractivity contribution in [3.8, 4) is 22.8 Å². The van der Waals surface area contributed by atoms with Gasteiger partial charge in [-0.15, -0.1) is 0 Å². The molecule has 0 aliphatic rings. The van der Waals surface area contributed by atoms with Gasteiger partial charge < -0.3 is 9.47 Å². The molecule has 34 heavy (non-hydrogen) atoms. The molecular weight excluding hydrogens is 420 g/mol. The van der Waals surface area contributed by atoms with Crippen LogP contribution in [0.3, 0.4) is 0 Å². The lowest BCUT2D eigenvalue weighted by Gasteiger charge is -2.18. The molecule has 4 heteroatoms. The summed E-state index contributed by atoms with van der Waals surface area (Å²) in [5, 5.41) is 0.948. The average Bonchev–Trinajstić information content (AvgIpc) is 2.91. The number of ether oxygens (including phenoxy) is 2. The van der Waals surface area contributed by atoms with Crippen LogP contribution in [-0.4, -0.2) is 30.1 Å². The van der Waals surface area contributed by atoms with Gasteiger partial charge in [0.15, 0.2) is 0 Å². The zero-order chi connectivity index (χ0) is 24.3. The predicted octanol–water partition coefficient (Wildman–Crippen LogP) is 7.36. The van der Waals surface area contributed by atoms with Gasteiger partial charge in [0, 0.05) is 23.6 Å². The van der Waals surface area contributed by atoms with Gasteiger partial charge in [0.2, 0.25) is 0 Å². The molecule has 1 heterocycles. The maximum atomic E-state index is 6.29. The van der Waals surface area contributed by atoms with Crippen LogP contribution in [0.2, 0.25) is 0 Å². The summed E-state index contributed by atoms with van der Waals surface area (Å²) in [5.41, 5.74) is 5.31. The van der Waals surface area contributed by atoms with Gasteiger partial charge in [0.25, 0.3) is 0 Å². The molecule has 0 saturated carbocycles. The summed E-state index contributed by atoms with van der Waals surface area (Å²) in [5.74, 6) is 1.60. The van der Waals surface area contributed by atoms with Crippen LogP contribution in [0.1, 0.15) is 38.8 Å². The van der Waals surface area contributed by atoms with Crippen LogP contribution in [0, 0.1) is 0 Å². The number of hydrogen-bond acceptors (Lipinski definition) is 4. The monoisotopic (exact) mass is 456 g/mol. The van der Waals surface area contributed by atoms with Crippen LogP contribution in [0.4, 0.5) is 0 Å². The largest absolute Gasteiger partial charge is 0.497 e. The van der Waals surface area contributed by atoms with Gasteiger partial charge in [-0.25, -0.2) is 4.98 Å². The lowest BCUT2D eigenvalue weighted by molar-refractivity contribution is 0.296.